The molecule has 0 N–H and O–H groups in total. The highest BCUT2D eigenvalue weighted by Crippen LogP contribution is 2.39. The molecule has 0 spiro atoms. The maximum absolute atomic E-state index is 12.8. The van der Waals surface area contributed by atoms with Crippen LogP contribution in [0.5, 0.6) is 17.2 Å². The molecular formula is C18H17NO4S2. The Morgan fingerprint density at radius 2 is 1.96 bits per heavy atom. The molecule has 0 aliphatic heterocycles. The maximum atomic E-state index is 12.8. The fourth-order valence-corrected chi connectivity index (χ4v) is 3.98. The van der Waals surface area contributed by atoms with Crippen LogP contribution < -0.4 is 14.2 Å². The topological polar surface area (TPSA) is 57.7 Å². The molecule has 0 fully saturated rings. The minimum atomic E-state index is -0.180. The highest BCUT2D eigenvalue weighted by Gasteiger charge is 2.20. The van der Waals surface area contributed by atoms with E-state index >= 15 is 0 Å². The number of hydrogen-bond acceptors (Lipinski definition) is 7. The van der Waals surface area contributed by atoms with Crippen molar-refractivity contribution in [1.29, 1.82) is 0 Å². The molecule has 0 saturated carbocycles. The fourth-order valence-electron chi connectivity index (χ4n) is 2.36. The molecule has 0 radical (unpaired) electrons. The van der Waals surface area contributed by atoms with Gasteiger partial charge in [-0.25, -0.2) is 4.98 Å². The summed E-state index contributed by atoms with van der Waals surface area (Å²) in [4.78, 5) is 18.4. The number of ketones is 1. The van der Waals surface area contributed by atoms with Crippen molar-refractivity contribution in [3.05, 3.63) is 46.3 Å². The molecule has 25 heavy (non-hydrogen) atoms. The number of aromatic nitrogens is 1. The van der Waals surface area contributed by atoms with Gasteiger partial charge in [-0.2, -0.15) is 0 Å². The van der Waals surface area contributed by atoms with Crippen LogP contribution in [0.25, 0.3) is 9.88 Å². The summed E-state index contributed by atoms with van der Waals surface area (Å²) in [5.41, 5.74) is 0.854. The van der Waals surface area contributed by atoms with Crippen LogP contribution in [0.15, 0.2) is 35.0 Å². The zero-order chi connectivity index (χ0) is 17.8. The first-order valence-electron chi connectivity index (χ1n) is 7.60. The molecule has 3 aromatic rings. The summed E-state index contributed by atoms with van der Waals surface area (Å²) in [5, 5.41) is 4.60. The van der Waals surface area contributed by atoms with Crippen LogP contribution in [0.1, 0.15) is 23.0 Å². The first kappa shape index (κ1) is 17.4. The van der Waals surface area contributed by atoms with Crippen molar-refractivity contribution in [2.24, 2.45) is 0 Å². The molecule has 130 valence electrons. The second kappa shape index (κ2) is 7.67. The predicted molar refractivity (Wildman–Crippen MR) is 99.6 cm³/mol. The van der Waals surface area contributed by atoms with Crippen LogP contribution in [0.3, 0.4) is 0 Å². The van der Waals surface area contributed by atoms with Gasteiger partial charge in [0.25, 0.3) is 0 Å². The second-order valence-electron chi connectivity index (χ2n) is 4.99. The van der Waals surface area contributed by atoms with Crippen molar-refractivity contribution in [3.63, 3.8) is 0 Å². The van der Waals surface area contributed by atoms with E-state index in [4.69, 9.17) is 14.2 Å². The number of hydrogen-bond donors (Lipinski definition) is 0. The number of nitrogens with zero attached hydrogens (tertiary/aromatic N) is 1. The lowest BCUT2D eigenvalue weighted by Gasteiger charge is -2.14. The van der Waals surface area contributed by atoms with Gasteiger partial charge >= 0.3 is 0 Å². The lowest BCUT2D eigenvalue weighted by Crippen LogP contribution is -2.05. The molecule has 5 nitrogen and oxygen atoms in total. The van der Waals surface area contributed by atoms with E-state index in [2.05, 4.69) is 4.98 Å². The molecule has 0 bridgehead atoms. The van der Waals surface area contributed by atoms with Crippen molar-refractivity contribution < 1.29 is 19.0 Å². The smallest absolute Gasteiger partial charge is 0.212 e. The Morgan fingerprint density at radius 1 is 1.16 bits per heavy atom. The molecule has 0 aliphatic carbocycles. The van der Waals surface area contributed by atoms with Gasteiger partial charge in [0.05, 0.1) is 25.7 Å². The van der Waals surface area contributed by atoms with E-state index < -0.39 is 0 Å². The number of thiophene rings is 1. The molecule has 0 amide bonds. The van der Waals surface area contributed by atoms with Crippen molar-refractivity contribution in [3.8, 4) is 27.1 Å². The van der Waals surface area contributed by atoms with Crippen molar-refractivity contribution in [1.82, 2.24) is 4.98 Å². The summed E-state index contributed by atoms with van der Waals surface area (Å²) >= 11 is 3.05. The van der Waals surface area contributed by atoms with E-state index in [9.17, 15) is 4.79 Å². The van der Waals surface area contributed by atoms with Crippen LogP contribution >= 0.6 is 22.7 Å². The van der Waals surface area contributed by atoms with Crippen molar-refractivity contribution in [2.45, 2.75) is 6.92 Å². The number of rotatable bonds is 7. The number of thiazole rings is 1. The Labute approximate surface area is 153 Å². The Kier molecular flexibility index (Phi) is 5.35. The molecule has 0 unspecified atom stereocenters. The van der Waals surface area contributed by atoms with E-state index in [1.165, 1.54) is 25.6 Å². The average Bonchev–Trinajstić information content (AvgIpc) is 3.31. The minimum absolute atomic E-state index is 0.180. The number of carbonyl (C=O) groups is 1. The molecule has 2 aromatic heterocycles. The number of benzene rings is 1. The average molecular weight is 375 g/mol. The SMILES string of the molecule is CCOc1cc(C(=O)c2csc(-c3cccs3)n2)cc(OC)c1OC. The molecule has 1 aromatic carbocycles. The van der Waals surface area contributed by atoms with E-state index in [0.717, 1.165) is 9.88 Å². The first-order valence-corrected chi connectivity index (χ1v) is 9.36. The number of ether oxygens (including phenoxy) is 3. The molecule has 3 rings (SSSR count). The van der Waals surface area contributed by atoms with Gasteiger partial charge in [0.2, 0.25) is 11.5 Å². The highest BCUT2D eigenvalue weighted by molar-refractivity contribution is 7.20. The van der Waals surface area contributed by atoms with Crippen LogP contribution in [-0.2, 0) is 0 Å². The number of carbonyl (C=O) groups excluding carboxylic acids is 1. The fraction of sp³-hybridized carbons (Fsp3) is 0.222. The highest BCUT2D eigenvalue weighted by atomic mass is 32.1. The number of methoxy groups -OCH3 is 2. The molecule has 7 heteroatoms. The Hall–Kier alpha value is -2.38. The Morgan fingerprint density at radius 3 is 2.60 bits per heavy atom. The normalized spacial score (nSPS) is 10.5. The lowest BCUT2D eigenvalue weighted by atomic mass is 10.1. The summed E-state index contributed by atoms with van der Waals surface area (Å²) in [6.45, 7) is 2.32. The summed E-state index contributed by atoms with van der Waals surface area (Å²) < 4.78 is 16.3. The summed E-state index contributed by atoms with van der Waals surface area (Å²) in [7, 11) is 3.06. The predicted octanol–water partition coefficient (Wildman–Crippen LogP) is 4.52. The van der Waals surface area contributed by atoms with E-state index in [1.54, 1.807) is 28.8 Å². The van der Waals surface area contributed by atoms with Crippen molar-refractivity contribution >= 4 is 28.5 Å². The second-order valence-corrected chi connectivity index (χ2v) is 6.79. The van der Waals surface area contributed by atoms with Gasteiger partial charge in [-0.1, -0.05) is 6.07 Å². The third kappa shape index (κ3) is 3.52. The zero-order valence-corrected chi connectivity index (χ0v) is 15.7. The molecule has 0 saturated heterocycles. The third-order valence-corrected chi connectivity index (χ3v) is 5.36. The van der Waals surface area contributed by atoms with Gasteiger partial charge in [-0.15, -0.1) is 22.7 Å². The summed E-state index contributed by atoms with van der Waals surface area (Å²) in [5.74, 6) is 1.21. The van der Waals surface area contributed by atoms with Gasteiger partial charge < -0.3 is 14.2 Å². The monoisotopic (exact) mass is 375 g/mol. The van der Waals surface area contributed by atoms with E-state index in [-0.39, 0.29) is 5.78 Å². The first-order chi connectivity index (χ1) is 12.2. The van der Waals surface area contributed by atoms with Gasteiger partial charge in [0.15, 0.2) is 11.5 Å². The van der Waals surface area contributed by atoms with Crippen LogP contribution in [0, 0.1) is 0 Å². The molecule has 0 atom stereocenters. The van der Waals surface area contributed by atoms with Crippen LogP contribution in [-0.4, -0.2) is 31.6 Å². The molecular weight excluding hydrogens is 358 g/mol. The third-order valence-electron chi connectivity index (χ3n) is 3.48. The molecule has 2 heterocycles. The van der Waals surface area contributed by atoms with Crippen molar-refractivity contribution in [2.75, 3.05) is 20.8 Å². The van der Waals surface area contributed by atoms with Gasteiger partial charge in [0.1, 0.15) is 10.7 Å². The van der Waals surface area contributed by atoms with E-state index in [1.807, 2.05) is 24.4 Å². The van der Waals surface area contributed by atoms with Gasteiger partial charge in [-0.05, 0) is 30.5 Å². The Balaban J connectivity index is 1.98. The quantitative estimate of drug-likeness (QED) is 0.568. The van der Waals surface area contributed by atoms with E-state index in [0.29, 0.717) is 35.1 Å². The summed E-state index contributed by atoms with van der Waals surface area (Å²) in [6, 6.07) is 7.26. The van der Waals surface area contributed by atoms with Gasteiger partial charge in [-0.3, -0.25) is 4.79 Å². The minimum Gasteiger partial charge on any atom is -0.493 e. The Bertz CT molecular complexity index is 871. The standard InChI is InChI=1S/C18H17NO4S2/c1-4-23-14-9-11(8-13(21-2)17(14)22-3)16(20)12-10-25-18(19-12)15-6-5-7-24-15/h5-10H,4H2,1-3H3. The molecule has 0 aliphatic rings. The summed E-state index contributed by atoms with van der Waals surface area (Å²) in [6.07, 6.45) is 0. The maximum Gasteiger partial charge on any atom is 0.212 e. The van der Waals surface area contributed by atoms with Crippen LogP contribution in [0.4, 0.5) is 0 Å². The largest absolute Gasteiger partial charge is 0.493 e. The zero-order valence-electron chi connectivity index (χ0n) is 14.1. The van der Waals surface area contributed by atoms with Gasteiger partial charge in [0, 0.05) is 10.9 Å². The lowest BCUT2D eigenvalue weighted by molar-refractivity contribution is 0.103. The van der Waals surface area contributed by atoms with Crippen LogP contribution in [0.2, 0.25) is 0 Å².